The first kappa shape index (κ1) is 30.3. The molecule has 40 heavy (non-hydrogen) atoms. The van der Waals surface area contributed by atoms with Crippen molar-refractivity contribution in [1.82, 2.24) is 0 Å². The van der Waals surface area contributed by atoms with Gasteiger partial charge >= 0.3 is 14.3 Å². The molecule has 216 valence electrons. The van der Waals surface area contributed by atoms with Gasteiger partial charge in [0.05, 0.1) is 31.5 Å². The molecule has 6 heteroatoms. The van der Waals surface area contributed by atoms with E-state index in [4.69, 9.17) is 18.6 Å². The number of ether oxygens (including phenoxy) is 3. The van der Waals surface area contributed by atoms with Crippen molar-refractivity contribution < 1.29 is 23.4 Å². The van der Waals surface area contributed by atoms with Crippen molar-refractivity contribution in [2.75, 3.05) is 19.8 Å². The van der Waals surface area contributed by atoms with E-state index in [-0.39, 0.29) is 40.6 Å². The molecule has 1 fully saturated rings. The van der Waals surface area contributed by atoms with E-state index in [0.29, 0.717) is 19.8 Å². The number of carbonyl (C=O) groups is 1. The molecule has 0 spiro atoms. The second kappa shape index (κ2) is 12.1. The van der Waals surface area contributed by atoms with Crippen LogP contribution in [-0.2, 0) is 23.4 Å². The maximum Gasteiger partial charge on any atom is 0.319 e. The van der Waals surface area contributed by atoms with Crippen LogP contribution in [0.25, 0.3) is 0 Å². The molecular weight excluding hydrogens is 516 g/mol. The predicted octanol–water partition coefficient (Wildman–Crippen LogP) is 6.09. The van der Waals surface area contributed by atoms with E-state index >= 15 is 0 Å². The Hall–Kier alpha value is -2.67. The number of hydrogen-bond acceptors (Lipinski definition) is 5. The lowest BCUT2D eigenvalue weighted by Crippen LogP contribution is -2.67. The second-order valence-corrected chi connectivity index (χ2v) is 16.8. The highest BCUT2D eigenvalue weighted by Crippen LogP contribution is 2.48. The molecule has 0 unspecified atom stereocenters. The van der Waals surface area contributed by atoms with Gasteiger partial charge in [-0.1, -0.05) is 94.4 Å². The van der Waals surface area contributed by atoms with E-state index in [2.05, 4.69) is 101 Å². The molecule has 1 aliphatic carbocycles. The molecule has 0 amide bonds. The monoisotopic (exact) mass is 562 g/mol. The van der Waals surface area contributed by atoms with Gasteiger partial charge in [0.2, 0.25) is 0 Å². The molecule has 2 aromatic carbocycles. The summed E-state index contributed by atoms with van der Waals surface area (Å²) in [6, 6.07) is 21.3. The summed E-state index contributed by atoms with van der Waals surface area (Å²) in [5.41, 5.74) is 0. The molecule has 4 atom stereocenters. The minimum atomic E-state index is -2.91. The van der Waals surface area contributed by atoms with Crippen molar-refractivity contribution >= 4 is 24.7 Å². The number of allylic oxidation sites excluding steroid dienone is 3. The van der Waals surface area contributed by atoms with Gasteiger partial charge in [0.15, 0.2) is 5.79 Å². The first-order valence-electron chi connectivity index (χ1n) is 14.5. The number of benzene rings is 2. The van der Waals surface area contributed by atoms with E-state index in [1.54, 1.807) is 0 Å². The van der Waals surface area contributed by atoms with Gasteiger partial charge in [0.1, 0.15) is 0 Å². The molecule has 0 saturated carbocycles. The fourth-order valence-electron chi connectivity index (χ4n) is 6.53. The van der Waals surface area contributed by atoms with Crippen molar-refractivity contribution in [3.8, 4) is 0 Å². The van der Waals surface area contributed by atoms with Crippen molar-refractivity contribution in [2.45, 2.75) is 59.3 Å². The second-order valence-electron chi connectivity index (χ2n) is 12.6. The van der Waals surface area contributed by atoms with Crippen molar-refractivity contribution in [3.05, 3.63) is 85.2 Å². The smallest absolute Gasteiger partial charge is 0.319 e. The Balaban J connectivity index is 1.90. The van der Waals surface area contributed by atoms with E-state index in [1.165, 1.54) is 10.4 Å². The lowest BCUT2D eigenvalue weighted by Gasteiger charge is -2.50. The van der Waals surface area contributed by atoms with Crippen molar-refractivity contribution in [1.29, 1.82) is 0 Å². The topological polar surface area (TPSA) is 54.0 Å². The molecule has 0 bridgehead atoms. The zero-order chi connectivity index (χ0) is 29.1. The van der Waals surface area contributed by atoms with Crippen LogP contribution in [0.2, 0.25) is 5.04 Å². The Kier molecular flexibility index (Phi) is 9.13. The van der Waals surface area contributed by atoms with Gasteiger partial charge in [0, 0.05) is 17.8 Å². The summed E-state index contributed by atoms with van der Waals surface area (Å²) in [4.78, 5) is 13.3. The Morgan fingerprint density at radius 2 is 1.55 bits per heavy atom. The molecular formula is C34H46O5Si. The molecule has 1 heterocycles. The molecule has 5 nitrogen and oxygen atoms in total. The summed E-state index contributed by atoms with van der Waals surface area (Å²) in [6.07, 6.45) is 4.09. The van der Waals surface area contributed by atoms with E-state index < -0.39 is 14.1 Å². The summed E-state index contributed by atoms with van der Waals surface area (Å²) < 4.78 is 25.5. The molecule has 0 radical (unpaired) electrons. The first-order valence-corrected chi connectivity index (χ1v) is 16.4. The average Bonchev–Trinajstić information content (AvgIpc) is 2.92. The molecule has 4 rings (SSSR count). The Bertz CT molecular complexity index is 1130. The molecule has 2 aromatic rings. The molecule has 1 saturated heterocycles. The predicted molar refractivity (Wildman–Crippen MR) is 163 cm³/mol. The normalized spacial score (nSPS) is 25.5. The van der Waals surface area contributed by atoms with E-state index in [1.807, 2.05) is 26.8 Å². The summed E-state index contributed by atoms with van der Waals surface area (Å²) in [5, 5.41) is 2.22. The first-order chi connectivity index (χ1) is 18.9. The average molecular weight is 563 g/mol. The summed E-state index contributed by atoms with van der Waals surface area (Å²) in [7, 11) is -2.91. The van der Waals surface area contributed by atoms with Gasteiger partial charge in [0.25, 0.3) is 0 Å². The fraction of sp³-hybridized carbons (Fsp3) is 0.500. The van der Waals surface area contributed by atoms with Gasteiger partial charge in [-0.3, -0.25) is 4.79 Å². The van der Waals surface area contributed by atoms with Crippen molar-refractivity contribution in [3.63, 3.8) is 0 Å². The summed E-state index contributed by atoms with van der Waals surface area (Å²) in [5.74, 6) is -0.729. The standard InChI is InChI=1S/C34H46O5Si/c1-9-28-30(32(35)36-10-2)24(3)21-29(31(28)25-22-37-34(7,8)38-23-25)39-40(33(4,5)6,26-17-13-11-14-18-26)27-19-15-12-16-20-27/h9,11-21,24-25,28,30-31H,1,10,22-23H2,2-8H3/t24-,28-,30+,31-/m1/s1. The molecule has 2 aliphatic rings. The lowest BCUT2D eigenvalue weighted by atomic mass is 9.66. The number of rotatable bonds is 8. The lowest BCUT2D eigenvalue weighted by molar-refractivity contribution is -0.269. The SMILES string of the molecule is C=C[C@@H]1[C@@H](C(=O)OCC)[C@H](C)C=C(O[Si](c2ccccc2)(c2ccccc2)C(C)(C)C)[C@@H]1C1COC(C)(C)OC1. The Labute approximate surface area is 241 Å². The van der Waals surface area contributed by atoms with Crippen LogP contribution in [0, 0.1) is 29.6 Å². The quantitative estimate of drug-likeness (QED) is 0.221. The minimum Gasteiger partial charge on any atom is -0.537 e. The highest BCUT2D eigenvalue weighted by molar-refractivity contribution is 6.99. The largest absolute Gasteiger partial charge is 0.537 e. The van der Waals surface area contributed by atoms with E-state index in [9.17, 15) is 4.79 Å². The third-order valence-electron chi connectivity index (χ3n) is 8.47. The van der Waals surface area contributed by atoms with Crippen LogP contribution < -0.4 is 10.4 Å². The maximum absolute atomic E-state index is 13.3. The molecule has 0 aromatic heterocycles. The molecule has 1 aliphatic heterocycles. The van der Waals surface area contributed by atoms with Crippen LogP contribution in [0.1, 0.15) is 48.5 Å². The third-order valence-corrected chi connectivity index (χ3v) is 13.4. The third kappa shape index (κ3) is 5.85. The number of hydrogen-bond donors (Lipinski definition) is 0. The number of esters is 1. The van der Waals surface area contributed by atoms with Crippen LogP contribution in [0.3, 0.4) is 0 Å². The molecule has 0 N–H and O–H groups in total. The van der Waals surface area contributed by atoms with Crippen LogP contribution >= 0.6 is 0 Å². The maximum atomic E-state index is 13.3. The summed E-state index contributed by atoms with van der Waals surface area (Å²) >= 11 is 0. The van der Waals surface area contributed by atoms with Crippen LogP contribution in [0.15, 0.2) is 85.2 Å². The number of carbonyl (C=O) groups excluding carboxylic acids is 1. The van der Waals surface area contributed by atoms with Crippen molar-refractivity contribution in [2.24, 2.45) is 29.6 Å². The van der Waals surface area contributed by atoms with Crippen LogP contribution in [0.4, 0.5) is 0 Å². The highest BCUT2D eigenvalue weighted by atomic mass is 28.4. The van der Waals surface area contributed by atoms with Gasteiger partial charge in [-0.05, 0) is 48.2 Å². The zero-order valence-electron chi connectivity index (χ0n) is 25.2. The van der Waals surface area contributed by atoms with Gasteiger partial charge < -0.3 is 18.6 Å². The van der Waals surface area contributed by atoms with Gasteiger partial charge in [-0.2, -0.15) is 0 Å². The van der Waals surface area contributed by atoms with E-state index in [0.717, 1.165) is 5.76 Å². The van der Waals surface area contributed by atoms with Gasteiger partial charge in [-0.15, -0.1) is 6.58 Å². The zero-order valence-corrected chi connectivity index (χ0v) is 26.2. The summed E-state index contributed by atoms with van der Waals surface area (Å²) in [6.45, 7) is 20.2. The minimum absolute atomic E-state index is 0.00934. The van der Waals surface area contributed by atoms with Crippen LogP contribution in [-0.4, -0.2) is 39.9 Å². The van der Waals surface area contributed by atoms with Crippen LogP contribution in [0.5, 0.6) is 0 Å². The fourth-order valence-corrected chi connectivity index (χ4v) is 11.0. The highest BCUT2D eigenvalue weighted by Gasteiger charge is 2.55. The Morgan fingerprint density at radius 1 is 1.02 bits per heavy atom. The Morgan fingerprint density at radius 3 is 2.00 bits per heavy atom. The van der Waals surface area contributed by atoms with Gasteiger partial charge in [-0.25, -0.2) is 0 Å².